The molecule has 1 aliphatic carbocycles. The molecule has 1 aromatic heterocycles. The Labute approximate surface area is 208 Å². The summed E-state index contributed by atoms with van der Waals surface area (Å²) in [5, 5.41) is 16.5. The van der Waals surface area contributed by atoms with E-state index in [1.807, 2.05) is 41.8 Å². The number of aliphatic carboxylic acids is 1. The zero-order valence-electron chi connectivity index (χ0n) is 19.4. The van der Waals surface area contributed by atoms with Gasteiger partial charge in [-0.3, -0.25) is 9.59 Å². The van der Waals surface area contributed by atoms with Gasteiger partial charge in [0.2, 0.25) is 5.91 Å². The van der Waals surface area contributed by atoms with Gasteiger partial charge in [0.15, 0.2) is 0 Å². The molecule has 3 aromatic rings. The topological polar surface area (TPSA) is 105 Å². The highest BCUT2D eigenvalue weighted by Crippen LogP contribution is 2.44. The number of carboxylic acids is 1. The first-order chi connectivity index (χ1) is 16.9. The number of nitrogens with one attached hydrogen (secondary N) is 2. The van der Waals surface area contributed by atoms with E-state index in [9.17, 15) is 14.4 Å². The molecule has 1 heterocycles. The number of carbonyl (C=O) groups is 3. The number of hydrogen-bond donors (Lipinski definition) is 3. The SMILES string of the molecule is CC(CCNC(=O)OCC1c2ccccc2-c2ccccc21)C(=O)NC(CC(=O)O)c1cccs1. The molecule has 0 saturated carbocycles. The molecule has 2 aromatic carbocycles. The van der Waals surface area contributed by atoms with Gasteiger partial charge in [-0.1, -0.05) is 61.5 Å². The molecule has 4 rings (SSSR count). The third kappa shape index (κ3) is 5.89. The Bertz CT molecular complexity index is 1150. The maximum absolute atomic E-state index is 12.6. The summed E-state index contributed by atoms with van der Waals surface area (Å²) in [4.78, 5) is 36.9. The Kier molecular flexibility index (Phi) is 7.82. The van der Waals surface area contributed by atoms with Gasteiger partial charge in [0, 0.05) is 23.3 Å². The molecule has 0 saturated heterocycles. The number of ether oxygens (including phenoxy) is 1. The minimum Gasteiger partial charge on any atom is -0.481 e. The lowest BCUT2D eigenvalue weighted by Crippen LogP contribution is -2.35. The van der Waals surface area contributed by atoms with E-state index in [2.05, 4.69) is 34.9 Å². The molecule has 35 heavy (non-hydrogen) atoms. The van der Waals surface area contributed by atoms with Crippen molar-refractivity contribution in [2.75, 3.05) is 13.2 Å². The van der Waals surface area contributed by atoms with E-state index < -0.39 is 24.0 Å². The average Bonchev–Trinajstić information content (AvgIpc) is 3.49. The molecule has 0 bridgehead atoms. The Balaban J connectivity index is 1.24. The van der Waals surface area contributed by atoms with E-state index in [4.69, 9.17) is 9.84 Å². The summed E-state index contributed by atoms with van der Waals surface area (Å²) >= 11 is 1.40. The van der Waals surface area contributed by atoms with Crippen LogP contribution in [0.3, 0.4) is 0 Å². The maximum atomic E-state index is 12.6. The van der Waals surface area contributed by atoms with E-state index in [1.165, 1.54) is 22.5 Å². The second kappa shape index (κ2) is 11.2. The summed E-state index contributed by atoms with van der Waals surface area (Å²) in [6.07, 6.45) is -0.307. The standard InChI is InChI=1S/C27H28N2O5S/c1-17(26(32)29-23(15-25(30)31)24-11-6-14-35-24)12-13-28-27(33)34-16-22-20-9-4-2-7-18(20)19-8-3-5-10-21(19)22/h2-11,14,17,22-23H,12-13,15-16H2,1H3,(H,28,33)(H,29,32)(H,30,31). The lowest BCUT2D eigenvalue weighted by molar-refractivity contribution is -0.137. The molecule has 7 nitrogen and oxygen atoms in total. The first-order valence-corrected chi connectivity index (χ1v) is 12.5. The van der Waals surface area contributed by atoms with E-state index in [-0.39, 0.29) is 31.4 Å². The predicted molar refractivity (Wildman–Crippen MR) is 134 cm³/mol. The van der Waals surface area contributed by atoms with Gasteiger partial charge in [-0.15, -0.1) is 11.3 Å². The van der Waals surface area contributed by atoms with Crippen LogP contribution in [0, 0.1) is 5.92 Å². The zero-order chi connectivity index (χ0) is 24.8. The molecule has 182 valence electrons. The molecule has 8 heteroatoms. The summed E-state index contributed by atoms with van der Waals surface area (Å²) in [6, 6.07) is 19.3. The van der Waals surface area contributed by atoms with Gasteiger partial charge in [-0.25, -0.2) is 4.79 Å². The number of thiophene rings is 1. The van der Waals surface area contributed by atoms with Gasteiger partial charge in [0.25, 0.3) is 0 Å². The van der Waals surface area contributed by atoms with Crippen LogP contribution in [-0.2, 0) is 14.3 Å². The number of carboxylic acid groups (broad SMARTS) is 1. The molecule has 2 unspecified atom stereocenters. The van der Waals surface area contributed by atoms with Crippen LogP contribution >= 0.6 is 11.3 Å². The number of fused-ring (bicyclic) bond motifs is 3. The number of benzene rings is 2. The Hall–Kier alpha value is -3.65. The van der Waals surface area contributed by atoms with Crippen LogP contribution < -0.4 is 10.6 Å². The lowest BCUT2D eigenvalue weighted by Gasteiger charge is -2.19. The normalized spacial score (nSPS) is 13.9. The van der Waals surface area contributed by atoms with Gasteiger partial charge < -0.3 is 20.5 Å². The van der Waals surface area contributed by atoms with Crippen molar-refractivity contribution >= 4 is 29.3 Å². The van der Waals surface area contributed by atoms with Crippen LogP contribution in [0.1, 0.15) is 47.7 Å². The zero-order valence-corrected chi connectivity index (χ0v) is 20.2. The maximum Gasteiger partial charge on any atom is 0.407 e. The second-order valence-corrected chi connectivity index (χ2v) is 9.60. The van der Waals surface area contributed by atoms with Crippen LogP contribution in [0.5, 0.6) is 0 Å². The average molecular weight is 493 g/mol. The fourth-order valence-corrected chi connectivity index (χ4v) is 5.15. The van der Waals surface area contributed by atoms with Crippen molar-refractivity contribution in [2.24, 2.45) is 5.92 Å². The molecule has 2 amide bonds. The van der Waals surface area contributed by atoms with Gasteiger partial charge in [0.05, 0.1) is 12.5 Å². The van der Waals surface area contributed by atoms with Crippen molar-refractivity contribution in [2.45, 2.75) is 31.7 Å². The molecular formula is C27H28N2O5S. The van der Waals surface area contributed by atoms with Gasteiger partial charge >= 0.3 is 12.1 Å². The van der Waals surface area contributed by atoms with Crippen molar-refractivity contribution in [1.82, 2.24) is 10.6 Å². The molecular weight excluding hydrogens is 464 g/mol. The number of amides is 2. The molecule has 0 spiro atoms. The first kappa shape index (κ1) is 24.5. The largest absolute Gasteiger partial charge is 0.481 e. The van der Waals surface area contributed by atoms with Crippen molar-refractivity contribution in [1.29, 1.82) is 0 Å². The molecule has 3 N–H and O–H groups in total. The summed E-state index contributed by atoms with van der Waals surface area (Å²) in [6.45, 7) is 2.25. The summed E-state index contributed by atoms with van der Waals surface area (Å²) < 4.78 is 5.52. The molecule has 1 aliphatic rings. The van der Waals surface area contributed by atoms with Gasteiger partial charge in [0.1, 0.15) is 6.61 Å². The van der Waals surface area contributed by atoms with Crippen LogP contribution in [0.4, 0.5) is 4.79 Å². The number of hydrogen-bond acceptors (Lipinski definition) is 5. The third-order valence-corrected chi connectivity index (χ3v) is 7.21. The highest BCUT2D eigenvalue weighted by molar-refractivity contribution is 7.10. The van der Waals surface area contributed by atoms with Crippen molar-refractivity contribution in [3.05, 3.63) is 82.0 Å². The van der Waals surface area contributed by atoms with E-state index in [0.29, 0.717) is 6.42 Å². The Morgan fingerprint density at radius 1 is 1.00 bits per heavy atom. The van der Waals surface area contributed by atoms with Crippen molar-refractivity contribution in [3.8, 4) is 11.1 Å². The second-order valence-electron chi connectivity index (χ2n) is 8.62. The van der Waals surface area contributed by atoms with Crippen LogP contribution in [0.25, 0.3) is 11.1 Å². The molecule has 0 radical (unpaired) electrons. The number of carbonyl (C=O) groups excluding carboxylic acids is 2. The smallest absolute Gasteiger partial charge is 0.407 e. The molecule has 0 fully saturated rings. The minimum atomic E-state index is -0.978. The quantitative estimate of drug-likeness (QED) is 0.372. The summed E-state index contributed by atoms with van der Waals surface area (Å²) in [5.41, 5.74) is 4.63. The summed E-state index contributed by atoms with van der Waals surface area (Å²) in [5.74, 6) is -1.64. The highest BCUT2D eigenvalue weighted by atomic mass is 32.1. The van der Waals surface area contributed by atoms with Crippen LogP contribution in [0.15, 0.2) is 66.0 Å². The molecule has 0 aliphatic heterocycles. The fraction of sp³-hybridized carbons (Fsp3) is 0.296. The van der Waals surface area contributed by atoms with E-state index in [1.54, 1.807) is 6.92 Å². The predicted octanol–water partition coefficient (Wildman–Crippen LogP) is 4.95. The molecule has 2 atom stereocenters. The van der Waals surface area contributed by atoms with E-state index >= 15 is 0 Å². The number of rotatable bonds is 10. The van der Waals surface area contributed by atoms with Gasteiger partial charge in [-0.05, 0) is 40.1 Å². The van der Waals surface area contributed by atoms with Crippen LogP contribution in [0.2, 0.25) is 0 Å². The third-order valence-electron chi connectivity index (χ3n) is 6.22. The Morgan fingerprint density at radius 3 is 2.26 bits per heavy atom. The Morgan fingerprint density at radius 2 is 1.66 bits per heavy atom. The fourth-order valence-electron chi connectivity index (χ4n) is 4.37. The van der Waals surface area contributed by atoms with E-state index in [0.717, 1.165) is 16.0 Å². The minimum absolute atomic E-state index is 0.0127. The van der Waals surface area contributed by atoms with Crippen LogP contribution in [-0.4, -0.2) is 36.2 Å². The number of alkyl carbamates (subject to hydrolysis) is 1. The highest BCUT2D eigenvalue weighted by Gasteiger charge is 2.29. The monoisotopic (exact) mass is 492 g/mol. The lowest BCUT2D eigenvalue weighted by atomic mass is 9.98. The van der Waals surface area contributed by atoms with Crippen molar-refractivity contribution < 1.29 is 24.2 Å². The van der Waals surface area contributed by atoms with Gasteiger partial charge in [-0.2, -0.15) is 0 Å². The first-order valence-electron chi connectivity index (χ1n) is 11.6. The van der Waals surface area contributed by atoms with Crippen molar-refractivity contribution in [3.63, 3.8) is 0 Å². The summed E-state index contributed by atoms with van der Waals surface area (Å²) in [7, 11) is 0.